The maximum Gasteiger partial charge on any atom is 0.127 e. The number of allylic oxidation sites excluding steroid dienone is 2. The maximum absolute atomic E-state index is 5.63. The van der Waals surface area contributed by atoms with E-state index in [9.17, 15) is 0 Å². The molecule has 1 atom stereocenters. The molecule has 19 heavy (non-hydrogen) atoms. The molecule has 0 aromatic heterocycles. The molecule has 104 valence electrons. The summed E-state index contributed by atoms with van der Waals surface area (Å²) in [5, 5.41) is 0.115. The molecule has 0 radical (unpaired) electrons. The third kappa shape index (κ3) is 1.80. The van der Waals surface area contributed by atoms with Gasteiger partial charge in [-0.1, -0.05) is 0 Å². The highest BCUT2D eigenvalue weighted by Gasteiger charge is 2.48. The summed E-state index contributed by atoms with van der Waals surface area (Å²) in [6.45, 7) is 11.6. The van der Waals surface area contributed by atoms with Crippen LogP contribution >= 0.6 is 7.92 Å². The van der Waals surface area contributed by atoms with E-state index in [2.05, 4.69) is 34.1 Å². The fourth-order valence-electron chi connectivity index (χ4n) is 3.15. The van der Waals surface area contributed by atoms with Gasteiger partial charge in [-0.2, -0.15) is 0 Å². The van der Waals surface area contributed by atoms with Crippen LogP contribution in [0.3, 0.4) is 0 Å². The Balaban J connectivity index is 2.85. The summed E-state index contributed by atoms with van der Waals surface area (Å²) in [4.78, 5) is 0. The van der Waals surface area contributed by atoms with Gasteiger partial charge in [-0.3, -0.25) is 0 Å². The third-order valence-electron chi connectivity index (χ3n) is 4.76. The molecular formula is C16H24O2P+. The summed E-state index contributed by atoms with van der Waals surface area (Å²) >= 11 is 0. The molecule has 0 N–H and O–H groups in total. The Kier molecular flexibility index (Phi) is 3.66. The molecule has 1 aromatic carbocycles. The fourth-order valence-corrected chi connectivity index (χ4v) is 4.83. The van der Waals surface area contributed by atoms with Gasteiger partial charge >= 0.3 is 0 Å². The van der Waals surface area contributed by atoms with Gasteiger partial charge in [-0.05, 0) is 44.1 Å². The highest BCUT2D eigenvalue weighted by molar-refractivity contribution is 7.57. The van der Waals surface area contributed by atoms with Crippen LogP contribution in [0.2, 0.25) is 0 Å². The highest BCUT2D eigenvalue weighted by Crippen LogP contribution is 2.64. The molecule has 1 unspecified atom stereocenters. The molecular weight excluding hydrogens is 255 g/mol. The lowest BCUT2D eigenvalue weighted by atomic mass is 9.96. The molecule has 0 saturated heterocycles. The van der Waals surface area contributed by atoms with E-state index in [4.69, 9.17) is 9.47 Å². The van der Waals surface area contributed by atoms with Crippen molar-refractivity contribution in [3.63, 3.8) is 0 Å². The molecule has 0 aliphatic heterocycles. The molecule has 1 aliphatic rings. The molecule has 1 aliphatic carbocycles. The second-order valence-electron chi connectivity index (χ2n) is 5.60. The number of hydrogen-bond donors (Lipinski definition) is 0. The van der Waals surface area contributed by atoms with Gasteiger partial charge < -0.3 is 9.47 Å². The normalized spacial score (nSPS) is 21.9. The van der Waals surface area contributed by atoms with Crippen LogP contribution in [0.1, 0.15) is 31.9 Å². The molecule has 0 bridgehead atoms. The zero-order valence-electron chi connectivity index (χ0n) is 13.0. The van der Waals surface area contributed by atoms with Crippen molar-refractivity contribution in [2.45, 2.75) is 25.9 Å². The summed E-state index contributed by atoms with van der Waals surface area (Å²) in [7, 11) is 2.94. The minimum Gasteiger partial charge on any atom is -0.496 e. The Morgan fingerprint density at radius 1 is 1.00 bits per heavy atom. The largest absolute Gasteiger partial charge is 0.496 e. The monoisotopic (exact) mass is 279 g/mol. The van der Waals surface area contributed by atoms with Crippen molar-refractivity contribution in [1.29, 1.82) is 0 Å². The van der Waals surface area contributed by atoms with Crippen molar-refractivity contribution < 1.29 is 9.47 Å². The van der Waals surface area contributed by atoms with E-state index in [1.165, 1.54) is 22.3 Å². The summed E-state index contributed by atoms with van der Waals surface area (Å²) in [5.41, 5.74) is 5.37. The predicted octanol–water partition coefficient (Wildman–Crippen LogP) is 4.20. The van der Waals surface area contributed by atoms with Crippen LogP contribution in [-0.4, -0.2) is 27.5 Å². The average Bonchev–Trinajstić information content (AvgIpc) is 2.61. The summed E-state index contributed by atoms with van der Waals surface area (Å²) in [6, 6.07) is 4.05. The van der Waals surface area contributed by atoms with Crippen molar-refractivity contribution in [2.24, 2.45) is 0 Å². The summed E-state index contributed by atoms with van der Waals surface area (Å²) < 4.78 is 11.2. The summed E-state index contributed by atoms with van der Waals surface area (Å²) in [6.07, 6.45) is 0. The molecule has 2 rings (SSSR count). The molecule has 2 nitrogen and oxygen atoms in total. The Morgan fingerprint density at radius 3 is 2.00 bits per heavy atom. The lowest BCUT2D eigenvalue weighted by Crippen LogP contribution is -2.19. The van der Waals surface area contributed by atoms with E-state index in [1.807, 2.05) is 12.1 Å². The van der Waals surface area contributed by atoms with Crippen molar-refractivity contribution >= 4 is 13.5 Å². The van der Waals surface area contributed by atoms with Crippen LogP contribution in [0, 0.1) is 0 Å². The van der Waals surface area contributed by atoms with Gasteiger partial charge in [0.05, 0.1) is 19.8 Å². The fraction of sp³-hybridized carbons (Fsp3) is 0.500. The quantitative estimate of drug-likeness (QED) is 0.772. The van der Waals surface area contributed by atoms with Crippen molar-refractivity contribution in [2.75, 3.05) is 27.5 Å². The van der Waals surface area contributed by atoms with E-state index in [-0.39, 0.29) is 5.16 Å². The molecule has 0 spiro atoms. The van der Waals surface area contributed by atoms with Gasteiger partial charge in [0.1, 0.15) is 16.7 Å². The standard InChI is InChI=1S/C16H23O2P/c1-10-11(2)16(3,19(6)7)15-13(18-5)9-8-12(17-4)14(10)15/h8-9H,1-7H3/p+1. The zero-order valence-corrected chi connectivity index (χ0v) is 14.0. The number of hydrogen-bond acceptors (Lipinski definition) is 2. The number of rotatable bonds is 3. The molecule has 0 fully saturated rings. The molecule has 0 heterocycles. The smallest absolute Gasteiger partial charge is 0.127 e. The van der Waals surface area contributed by atoms with Gasteiger partial charge in [0.25, 0.3) is 0 Å². The van der Waals surface area contributed by atoms with Crippen LogP contribution in [0.4, 0.5) is 0 Å². The second-order valence-corrected chi connectivity index (χ2v) is 8.60. The first kappa shape index (κ1) is 14.4. The Hall–Kier alpha value is -1.01. The van der Waals surface area contributed by atoms with Crippen LogP contribution in [0.15, 0.2) is 17.7 Å². The maximum atomic E-state index is 5.63. The SMILES string of the molecule is COc1ccc(OC)c2c1C(C)=C(C)C2(C)[PH+](C)C. The van der Waals surface area contributed by atoms with E-state index in [0.717, 1.165) is 11.5 Å². The molecule has 0 saturated carbocycles. The molecule has 0 amide bonds. The second kappa shape index (κ2) is 4.83. The highest BCUT2D eigenvalue weighted by atomic mass is 31.1. The van der Waals surface area contributed by atoms with E-state index >= 15 is 0 Å². The zero-order chi connectivity index (χ0) is 14.4. The minimum atomic E-state index is -0.554. The Labute approximate surface area is 117 Å². The average molecular weight is 279 g/mol. The van der Waals surface area contributed by atoms with Gasteiger partial charge in [-0.15, -0.1) is 0 Å². The van der Waals surface area contributed by atoms with Gasteiger partial charge in [-0.25, -0.2) is 0 Å². The van der Waals surface area contributed by atoms with Gasteiger partial charge in [0.15, 0.2) is 0 Å². The number of methoxy groups -OCH3 is 2. The van der Waals surface area contributed by atoms with Crippen molar-refractivity contribution in [3.05, 3.63) is 28.8 Å². The Morgan fingerprint density at radius 2 is 1.53 bits per heavy atom. The summed E-state index contributed by atoms with van der Waals surface area (Å²) in [5.74, 6) is 1.94. The van der Waals surface area contributed by atoms with Crippen LogP contribution in [0.25, 0.3) is 5.57 Å². The van der Waals surface area contributed by atoms with Gasteiger partial charge in [0, 0.05) is 26.8 Å². The van der Waals surface area contributed by atoms with Crippen molar-refractivity contribution in [3.8, 4) is 11.5 Å². The topological polar surface area (TPSA) is 18.5 Å². The molecule has 1 aromatic rings. The van der Waals surface area contributed by atoms with Crippen LogP contribution in [0.5, 0.6) is 11.5 Å². The van der Waals surface area contributed by atoms with Crippen molar-refractivity contribution in [1.82, 2.24) is 0 Å². The first-order chi connectivity index (χ1) is 8.89. The lowest BCUT2D eigenvalue weighted by molar-refractivity contribution is 0.396. The number of fused-ring (bicyclic) bond motifs is 1. The van der Waals surface area contributed by atoms with Gasteiger partial charge in [0.2, 0.25) is 0 Å². The number of ether oxygens (including phenoxy) is 2. The Bertz CT molecular complexity index is 546. The van der Waals surface area contributed by atoms with Crippen LogP contribution in [-0.2, 0) is 5.16 Å². The third-order valence-corrected chi connectivity index (χ3v) is 7.38. The molecule has 3 heteroatoms. The first-order valence-electron chi connectivity index (χ1n) is 6.64. The number of benzene rings is 1. The minimum absolute atomic E-state index is 0.115. The van der Waals surface area contributed by atoms with E-state index in [1.54, 1.807) is 14.2 Å². The lowest BCUT2D eigenvalue weighted by Gasteiger charge is -2.28. The first-order valence-corrected chi connectivity index (χ1v) is 9.14. The van der Waals surface area contributed by atoms with Crippen LogP contribution < -0.4 is 9.47 Å². The van der Waals surface area contributed by atoms with E-state index < -0.39 is 7.92 Å². The van der Waals surface area contributed by atoms with E-state index in [0.29, 0.717) is 0 Å². The predicted molar refractivity (Wildman–Crippen MR) is 85.3 cm³/mol.